The van der Waals surface area contributed by atoms with Crippen molar-refractivity contribution in [3.63, 3.8) is 0 Å². The van der Waals surface area contributed by atoms with Gasteiger partial charge in [-0.3, -0.25) is 19.1 Å². The molecule has 42 heavy (non-hydrogen) atoms. The number of hydrogen-bond donors (Lipinski definition) is 2. The van der Waals surface area contributed by atoms with Crippen molar-refractivity contribution in [2.45, 2.75) is 76.9 Å². The Morgan fingerprint density at radius 3 is 2.60 bits per heavy atom. The van der Waals surface area contributed by atoms with Crippen LogP contribution in [0.2, 0.25) is 0 Å². The van der Waals surface area contributed by atoms with Gasteiger partial charge in [-0.25, -0.2) is 19.7 Å². The van der Waals surface area contributed by atoms with Gasteiger partial charge in [-0.15, -0.1) is 0 Å². The number of ether oxygens (including phenoxy) is 4. The quantitative estimate of drug-likeness (QED) is 0.375. The van der Waals surface area contributed by atoms with Gasteiger partial charge in [0.05, 0.1) is 19.5 Å². The van der Waals surface area contributed by atoms with E-state index in [0.717, 1.165) is 5.56 Å². The number of nitrogens with zero attached hydrogens (tertiary/aromatic N) is 5. The first kappa shape index (κ1) is 29.4. The summed E-state index contributed by atoms with van der Waals surface area (Å²) in [4.78, 5) is 51.3. The SMILES string of the molecule is CC(C)(C)OC(=O)N(Cc1ccccc1)c1ncnc2c1ncn2[C@]12COC(CNC(=O)CC(=O)O)[C@H]1OC(C)(C)O2. The molecule has 2 aliphatic heterocycles. The highest BCUT2D eigenvalue weighted by Gasteiger charge is 2.63. The average molecular weight is 583 g/mol. The highest BCUT2D eigenvalue weighted by atomic mass is 16.8. The lowest BCUT2D eigenvalue weighted by molar-refractivity contribution is -0.204. The van der Waals surface area contributed by atoms with Gasteiger partial charge in [0.25, 0.3) is 0 Å². The molecule has 0 aliphatic carbocycles. The zero-order valence-electron chi connectivity index (χ0n) is 24.1. The number of imidazole rings is 1. The summed E-state index contributed by atoms with van der Waals surface area (Å²) in [5, 5.41) is 11.5. The van der Waals surface area contributed by atoms with E-state index in [4.69, 9.17) is 24.1 Å². The molecular formula is C28H34N6O8. The van der Waals surface area contributed by atoms with Crippen LogP contribution in [0.15, 0.2) is 43.0 Å². The van der Waals surface area contributed by atoms with E-state index in [2.05, 4.69) is 20.3 Å². The van der Waals surface area contributed by atoms with Crippen molar-refractivity contribution in [3.05, 3.63) is 48.5 Å². The second-order valence-corrected chi connectivity index (χ2v) is 11.6. The van der Waals surface area contributed by atoms with Crippen molar-refractivity contribution in [2.75, 3.05) is 18.1 Å². The van der Waals surface area contributed by atoms with E-state index in [9.17, 15) is 14.4 Å². The van der Waals surface area contributed by atoms with E-state index < -0.39 is 53.7 Å². The fraction of sp³-hybridized carbons (Fsp3) is 0.500. The summed E-state index contributed by atoms with van der Waals surface area (Å²) < 4.78 is 26.1. The third-order valence-corrected chi connectivity index (χ3v) is 6.71. The third kappa shape index (κ3) is 5.91. The minimum atomic E-state index is -1.23. The van der Waals surface area contributed by atoms with E-state index in [1.165, 1.54) is 17.6 Å². The molecule has 4 heterocycles. The van der Waals surface area contributed by atoms with Crippen LogP contribution in [0.25, 0.3) is 11.2 Å². The van der Waals surface area contributed by atoms with Crippen molar-refractivity contribution in [1.29, 1.82) is 0 Å². The molecule has 14 heteroatoms. The molecule has 14 nitrogen and oxygen atoms in total. The Morgan fingerprint density at radius 2 is 1.90 bits per heavy atom. The summed E-state index contributed by atoms with van der Waals surface area (Å²) in [5.74, 6) is -2.66. The van der Waals surface area contributed by atoms with Crippen LogP contribution in [0, 0.1) is 0 Å². The lowest BCUT2D eigenvalue weighted by atomic mass is 10.1. The molecule has 2 aliphatic rings. The van der Waals surface area contributed by atoms with E-state index in [-0.39, 0.29) is 25.5 Å². The molecule has 0 saturated carbocycles. The monoisotopic (exact) mass is 582 g/mol. The van der Waals surface area contributed by atoms with Gasteiger partial charge in [-0.05, 0) is 40.2 Å². The van der Waals surface area contributed by atoms with Crippen LogP contribution in [-0.2, 0) is 40.8 Å². The van der Waals surface area contributed by atoms with Crippen LogP contribution in [0.5, 0.6) is 0 Å². The first-order valence-electron chi connectivity index (χ1n) is 13.5. The maximum absolute atomic E-state index is 13.4. The van der Waals surface area contributed by atoms with Gasteiger partial charge in [-0.1, -0.05) is 30.3 Å². The molecule has 224 valence electrons. The number of hydrogen-bond acceptors (Lipinski definition) is 10. The number of benzene rings is 1. The van der Waals surface area contributed by atoms with Crippen LogP contribution in [0.4, 0.5) is 10.6 Å². The molecular weight excluding hydrogens is 548 g/mol. The van der Waals surface area contributed by atoms with Crippen molar-refractivity contribution in [2.24, 2.45) is 0 Å². The predicted molar refractivity (Wildman–Crippen MR) is 147 cm³/mol. The van der Waals surface area contributed by atoms with Crippen LogP contribution < -0.4 is 10.2 Å². The minimum absolute atomic E-state index is 0.00827. The first-order valence-corrected chi connectivity index (χ1v) is 13.5. The number of carbonyl (C=O) groups is 3. The average Bonchev–Trinajstić information content (AvgIpc) is 3.55. The van der Waals surface area contributed by atoms with Gasteiger partial charge in [-0.2, -0.15) is 0 Å². The second-order valence-electron chi connectivity index (χ2n) is 11.6. The van der Waals surface area contributed by atoms with Gasteiger partial charge in [0.2, 0.25) is 11.6 Å². The largest absolute Gasteiger partial charge is 0.481 e. The van der Waals surface area contributed by atoms with Gasteiger partial charge in [0.15, 0.2) is 22.8 Å². The second kappa shape index (κ2) is 10.9. The summed E-state index contributed by atoms with van der Waals surface area (Å²) in [6, 6.07) is 9.45. The lowest BCUT2D eigenvalue weighted by Crippen LogP contribution is -2.46. The predicted octanol–water partition coefficient (Wildman–Crippen LogP) is 2.56. The number of aromatic nitrogens is 4. The number of aliphatic carboxylic acids is 1. The Labute approximate surface area is 241 Å². The summed E-state index contributed by atoms with van der Waals surface area (Å²) in [5.41, 5.74) is -0.409. The van der Waals surface area contributed by atoms with Crippen molar-refractivity contribution in [3.8, 4) is 0 Å². The van der Waals surface area contributed by atoms with Crippen molar-refractivity contribution < 1.29 is 38.4 Å². The standard InChI is InChI=1S/C28H34N6O8/c1-26(2,3)41-25(38)33(13-17-9-7-6-8-10-17)23-21-24(31-15-30-23)34(16-32-21)28-14-39-18(12-29-19(35)11-20(36)37)22(28)40-27(4,5)42-28/h6-10,15-16,18,22H,11-14H2,1-5H3,(H,29,35)(H,36,37)/t18?,22-,28+/m1/s1. The van der Waals surface area contributed by atoms with Crippen LogP contribution in [0.1, 0.15) is 46.6 Å². The fourth-order valence-corrected chi connectivity index (χ4v) is 5.14. The Hall–Kier alpha value is -4.14. The molecule has 3 aromatic rings. The summed E-state index contributed by atoms with van der Waals surface area (Å²) in [6.45, 7) is 9.10. The van der Waals surface area contributed by atoms with Gasteiger partial charge in [0, 0.05) is 6.54 Å². The molecule has 1 aromatic carbocycles. The molecule has 0 radical (unpaired) electrons. The molecule has 2 amide bonds. The summed E-state index contributed by atoms with van der Waals surface area (Å²) in [6.07, 6.45) is 0.253. The summed E-state index contributed by atoms with van der Waals surface area (Å²) in [7, 11) is 0. The number of carboxylic acids is 1. The molecule has 1 unspecified atom stereocenters. The molecule has 5 rings (SSSR count). The smallest absolute Gasteiger partial charge is 0.416 e. The van der Waals surface area contributed by atoms with Gasteiger partial charge >= 0.3 is 12.1 Å². The van der Waals surface area contributed by atoms with E-state index in [0.29, 0.717) is 11.2 Å². The van der Waals surface area contributed by atoms with Crippen LogP contribution in [-0.4, -0.2) is 79.3 Å². The number of fused-ring (bicyclic) bond motifs is 2. The molecule has 2 aromatic heterocycles. The lowest BCUT2D eigenvalue weighted by Gasteiger charge is -2.29. The number of amides is 2. The number of anilines is 1. The molecule has 0 spiro atoms. The Bertz CT molecular complexity index is 1490. The van der Waals surface area contributed by atoms with Gasteiger partial charge in [0.1, 0.15) is 30.6 Å². The van der Waals surface area contributed by atoms with Crippen LogP contribution >= 0.6 is 0 Å². The molecule has 2 fully saturated rings. The molecule has 2 saturated heterocycles. The number of nitrogens with one attached hydrogen (secondary N) is 1. The van der Waals surface area contributed by atoms with Crippen molar-refractivity contribution >= 4 is 35.0 Å². The number of carbonyl (C=O) groups excluding carboxylic acids is 2. The van der Waals surface area contributed by atoms with E-state index >= 15 is 0 Å². The topological polar surface area (TPSA) is 167 Å². The van der Waals surface area contributed by atoms with Crippen LogP contribution in [0.3, 0.4) is 0 Å². The maximum atomic E-state index is 13.4. The highest BCUT2D eigenvalue weighted by molar-refractivity contribution is 5.95. The minimum Gasteiger partial charge on any atom is -0.481 e. The molecule has 3 atom stereocenters. The number of rotatable bonds is 8. The normalized spacial score (nSPS) is 23.0. The Balaban J connectivity index is 1.51. The van der Waals surface area contributed by atoms with Crippen molar-refractivity contribution in [1.82, 2.24) is 24.8 Å². The Morgan fingerprint density at radius 1 is 1.17 bits per heavy atom. The highest BCUT2D eigenvalue weighted by Crippen LogP contribution is 2.47. The zero-order valence-corrected chi connectivity index (χ0v) is 24.1. The molecule has 2 N–H and O–H groups in total. The van der Waals surface area contributed by atoms with E-state index in [1.807, 2.05) is 30.3 Å². The first-order chi connectivity index (χ1) is 19.8. The van der Waals surface area contributed by atoms with E-state index in [1.54, 1.807) is 39.2 Å². The molecule has 0 bridgehead atoms. The maximum Gasteiger partial charge on any atom is 0.416 e. The fourth-order valence-electron chi connectivity index (χ4n) is 5.14. The third-order valence-electron chi connectivity index (χ3n) is 6.71. The van der Waals surface area contributed by atoms with Gasteiger partial charge < -0.3 is 29.4 Å². The zero-order chi connectivity index (χ0) is 30.3. The Kier molecular flexibility index (Phi) is 7.64. The number of carboxylic acid groups (broad SMARTS) is 1. The summed E-state index contributed by atoms with van der Waals surface area (Å²) >= 11 is 0.